The number of benzene rings is 1. The van der Waals surface area contributed by atoms with Gasteiger partial charge in [-0.2, -0.15) is 18.0 Å². The summed E-state index contributed by atoms with van der Waals surface area (Å²) < 4.78 is 54.7. The third-order valence-electron chi connectivity index (χ3n) is 4.98. The third-order valence-corrected chi connectivity index (χ3v) is 5.66. The van der Waals surface area contributed by atoms with Crippen LogP contribution in [0.5, 0.6) is 0 Å². The summed E-state index contributed by atoms with van der Waals surface area (Å²) in [4.78, 5) is 4.81. The zero-order valence-electron chi connectivity index (χ0n) is 14.4. The Hall–Kier alpha value is -1.29. The van der Waals surface area contributed by atoms with E-state index in [1.54, 1.807) is 0 Å². The van der Waals surface area contributed by atoms with E-state index in [0.29, 0.717) is 25.2 Å². The molecule has 0 bridgehead atoms. The quantitative estimate of drug-likeness (QED) is 0.347. The van der Waals surface area contributed by atoms with Crippen LogP contribution < -0.4 is 10.7 Å². The highest BCUT2D eigenvalue weighted by atomic mass is 32.2. The van der Waals surface area contributed by atoms with Crippen LogP contribution >= 0.6 is 12.1 Å². The molecule has 1 fully saturated rings. The van der Waals surface area contributed by atoms with E-state index in [1.165, 1.54) is 24.6 Å². The minimum Gasteiger partial charge on any atom is -0.300 e. The van der Waals surface area contributed by atoms with Crippen molar-refractivity contribution in [2.45, 2.75) is 38.4 Å². The standard InChI is InChI=1S/C17H22F4N4S/c1-11-4-2-3-5-24(11)10-16-15(9-25(16)26-23-22)12-6-13(17(19,20)21)8-14(18)7-12/h6-8,11,23H,2-5,9-10,22H2,1H3. The van der Waals surface area contributed by atoms with E-state index in [1.807, 2.05) is 4.31 Å². The van der Waals surface area contributed by atoms with Crippen LogP contribution in [0.15, 0.2) is 23.9 Å². The largest absolute Gasteiger partial charge is 0.416 e. The summed E-state index contributed by atoms with van der Waals surface area (Å²) in [6, 6.07) is 3.13. The normalized spacial score (nSPS) is 21.9. The second kappa shape index (κ2) is 7.75. The molecule has 2 heterocycles. The highest BCUT2D eigenvalue weighted by molar-refractivity contribution is 7.95. The van der Waals surface area contributed by atoms with Crippen LogP contribution in [0.2, 0.25) is 0 Å². The van der Waals surface area contributed by atoms with Gasteiger partial charge in [-0.1, -0.05) is 6.42 Å². The highest BCUT2D eigenvalue weighted by Crippen LogP contribution is 2.39. The Morgan fingerprint density at radius 2 is 2.04 bits per heavy atom. The number of halogens is 4. The predicted octanol–water partition coefficient (Wildman–Crippen LogP) is 3.77. The fourth-order valence-corrected chi connectivity index (χ4v) is 4.08. The summed E-state index contributed by atoms with van der Waals surface area (Å²) in [5.74, 6) is 4.50. The summed E-state index contributed by atoms with van der Waals surface area (Å²) in [5.41, 5.74) is 0.926. The molecule has 1 unspecified atom stereocenters. The maximum atomic E-state index is 13.8. The van der Waals surface area contributed by atoms with Gasteiger partial charge in [0.25, 0.3) is 0 Å². The average molecular weight is 390 g/mol. The molecule has 9 heteroatoms. The minimum absolute atomic E-state index is 0.283. The van der Waals surface area contributed by atoms with Gasteiger partial charge >= 0.3 is 6.18 Å². The molecular formula is C17H22F4N4S. The molecule has 3 N–H and O–H groups in total. The molecule has 4 nitrogen and oxygen atoms in total. The zero-order valence-corrected chi connectivity index (χ0v) is 15.3. The Morgan fingerprint density at radius 3 is 2.69 bits per heavy atom. The fourth-order valence-electron chi connectivity index (χ4n) is 3.49. The first kappa shape index (κ1) is 19.5. The number of hydrogen-bond acceptors (Lipinski definition) is 5. The summed E-state index contributed by atoms with van der Waals surface area (Å²) in [6.45, 7) is 4.13. The van der Waals surface area contributed by atoms with Crippen molar-refractivity contribution in [1.82, 2.24) is 14.0 Å². The van der Waals surface area contributed by atoms with Gasteiger partial charge in [0, 0.05) is 23.9 Å². The number of rotatable bonds is 5. The summed E-state index contributed by atoms with van der Waals surface area (Å²) >= 11 is 1.19. The fraction of sp³-hybridized carbons (Fsp3) is 0.529. The molecular weight excluding hydrogens is 368 g/mol. The van der Waals surface area contributed by atoms with Crippen molar-refractivity contribution in [3.8, 4) is 0 Å². The lowest BCUT2D eigenvalue weighted by atomic mass is 9.94. The SMILES string of the molecule is CC1CCCCN1CC1=C(c2cc(F)cc(C(F)(F)F)c2)CN1SNN. The van der Waals surface area contributed by atoms with Crippen LogP contribution in [-0.4, -0.2) is 34.9 Å². The number of hydrogen-bond donors (Lipinski definition) is 2. The van der Waals surface area contributed by atoms with Crippen molar-refractivity contribution in [2.24, 2.45) is 5.84 Å². The molecule has 0 aliphatic carbocycles. The van der Waals surface area contributed by atoms with E-state index in [4.69, 9.17) is 5.84 Å². The summed E-state index contributed by atoms with van der Waals surface area (Å²) in [5, 5.41) is 0. The van der Waals surface area contributed by atoms with Gasteiger partial charge in [0.05, 0.1) is 24.2 Å². The van der Waals surface area contributed by atoms with Gasteiger partial charge in [-0.3, -0.25) is 10.7 Å². The van der Waals surface area contributed by atoms with Crippen LogP contribution in [0.4, 0.5) is 17.6 Å². The Kier molecular flexibility index (Phi) is 5.81. The van der Waals surface area contributed by atoms with Gasteiger partial charge < -0.3 is 4.31 Å². The Balaban J connectivity index is 1.92. The summed E-state index contributed by atoms with van der Waals surface area (Å²) in [6.07, 6.45) is -1.18. The zero-order chi connectivity index (χ0) is 18.9. The van der Waals surface area contributed by atoms with Crippen molar-refractivity contribution in [3.05, 3.63) is 40.8 Å². The molecule has 0 radical (unpaired) electrons. The van der Waals surface area contributed by atoms with Crippen LogP contribution in [0.1, 0.15) is 37.3 Å². The Labute approximate surface area is 154 Å². The van der Waals surface area contributed by atoms with E-state index in [9.17, 15) is 17.6 Å². The van der Waals surface area contributed by atoms with Crippen molar-refractivity contribution in [1.29, 1.82) is 0 Å². The van der Waals surface area contributed by atoms with Crippen molar-refractivity contribution >= 4 is 17.7 Å². The van der Waals surface area contributed by atoms with E-state index < -0.39 is 17.6 Å². The molecule has 0 aromatic heterocycles. The molecule has 0 saturated carbocycles. The Bertz CT molecular complexity index is 692. The molecule has 0 spiro atoms. The van der Waals surface area contributed by atoms with E-state index in [2.05, 4.69) is 16.7 Å². The molecule has 144 valence electrons. The second-order valence-electron chi connectivity index (χ2n) is 6.71. The maximum absolute atomic E-state index is 13.8. The molecule has 3 rings (SSSR count). The first-order valence-corrected chi connectivity index (χ1v) is 9.31. The lowest BCUT2D eigenvalue weighted by Crippen LogP contribution is -2.45. The van der Waals surface area contributed by atoms with Crippen molar-refractivity contribution < 1.29 is 17.6 Å². The Morgan fingerprint density at radius 1 is 1.27 bits per heavy atom. The lowest BCUT2D eigenvalue weighted by molar-refractivity contribution is -0.137. The number of nitrogens with one attached hydrogen (secondary N) is 1. The molecule has 1 saturated heterocycles. The third kappa shape index (κ3) is 4.16. The number of piperidine rings is 1. The number of alkyl halides is 3. The maximum Gasteiger partial charge on any atom is 0.416 e. The smallest absolute Gasteiger partial charge is 0.300 e. The first-order valence-electron chi connectivity index (χ1n) is 8.54. The van der Waals surface area contributed by atoms with Gasteiger partial charge in [-0.25, -0.2) is 4.39 Å². The first-order chi connectivity index (χ1) is 12.3. The predicted molar refractivity (Wildman–Crippen MR) is 94.8 cm³/mol. The van der Waals surface area contributed by atoms with Gasteiger partial charge in [0.15, 0.2) is 0 Å². The van der Waals surface area contributed by atoms with E-state index in [-0.39, 0.29) is 5.56 Å². The minimum atomic E-state index is -4.57. The van der Waals surface area contributed by atoms with Crippen LogP contribution in [0.25, 0.3) is 5.57 Å². The van der Waals surface area contributed by atoms with Crippen molar-refractivity contribution in [3.63, 3.8) is 0 Å². The van der Waals surface area contributed by atoms with Crippen LogP contribution in [0, 0.1) is 5.82 Å². The number of likely N-dealkylation sites (tertiary alicyclic amines) is 1. The second-order valence-corrected chi connectivity index (χ2v) is 7.57. The number of nitrogens with two attached hydrogens (primary N) is 1. The molecule has 2 aliphatic heterocycles. The molecule has 26 heavy (non-hydrogen) atoms. The summed E-state index contributed by atoms with van der Waals surface area (Å²) in [7, 11) is 0. The van der Waals surface area contributed by atoms with Crippen molar-refractivity contribution in [2.75, 3.05) is 19.6 Å². The van der Waals surface area contributed by atoms with Crippen LogP contribution in [-0.2, 0) is 6.18 Å². The number of hydrazine groups is 1. The van der Waals surface area contributed by atoms with Gasteiger partial charge in [-0.15, -0.1) is 0 Å². The van der Waals surface area contributed by atoms with Gasteiger partial charge in [0.2, 0.25) is 0 Å². The molecule has 0 amide bonds. The molecule has 1 atom stereocenters. The van der Waals surface area contributed by atoms with E-state index >= 15 is 0 Å². The molecule has 2 aliphatic rings. The topological polar surface area (TPSA) is 44.5 Å². The average Bonchev–Trinajstić information content (AvgIpc) is 2.56. The monoisotopic (exact) mass is 390 g/mol. The van der Waals surface area contributed by atoms with E-state index in [0.717, 1.165) is 36.7 Å². The lowest BCUT2D eigenvalue weighted by Gasteiger charge is -2.42. The van der Waals surface area contributed by atoms with Gasteiger partial charge in [-0.05, 0) is 50.1 Å². The van der Waals surface area contributed by atoms with Crippen LogP contribution in [0.3, 0.4) is 0 Å². The number of nitrogens with zero attached hydrogens (tertiary/aromatic N) is 2. The van der Waals surface area contributed by atoms with Gasteiger partial charge in [0.1, 0.15) is 5.82 Å². The molecule has 1 aromatic rings. The highest BCUT2D eigenvalue weighted by Gasteiger charge is 2.35. The molecule has 1 aromatic carbocycles.